The summed E-state index contributed by atoms with van der Waals surface area (Å²) in [4.78, 5) is 8.74. The van der Waals surface area contributed by atoms with Crippen molar-refractivity contribution in [1.29, 1.82) is 0 Å². The lowest BCUT2D eigenvalue weighted by Crippen LogP contribution is -2.25. The second-order valence-electron chi connectivity index (χ2n) is 6.70. The Labute approximate surface area is 160 Å². The molecule has 0 aliphatic carbocycles. The maximum Gasteiger partial charge on any atom is 0.241 e. The van der Waals surface area contributed by atoms with Crippen molar-refractivity contribution in [1.82, 2.24) is 14.7 Å². The van der Waals surface area contributed by atoms with Gasteiger partial charge in [0.15, 0.2) is 0 Å². The van der Waals surface area contributed by atoms with Crippen LogP contribution in [0.5, 0.6) is 0 Å². The van der Waals surface area contributed by atoms with Gasteiger partial charge in [-0.25, -0.2) is 13.1 Å². The van der Waals surface area contributed by atoms with Crippen molar-refractivity contribution >= 4 is 10.0 Å². The minimum atomic E-state index is -3.62. The van der Waals surface area contributed by atoms with Crippen molar-refractivity contribution < 1.29 is 8.42 Å². The van der Waals surface area contributed by atoms with Gasteiger partial charge in [-0.2, -0.15) is 0 Å². The second kappa shape index (κ2) is 7.58. The zero-order chi connectivity index (χ0) is 19.6. The van der Waals surface area contributed by atoms with Crippen LogP contribution < -0.4 is 4.72 Å². The van der Waals surface area contributed by atoms with Crippen molar-refractivity contribution in [2.75, 3.05) is 0 Å². The van der Waals surface area contributed by atoms with E-state index in [-0.39, 0.29) is 6.54 Å². The Morgan fingerprint density at radius 2 is 1.52 bits per heavy atom. The first kappa shape index (κ1) is 19.2. The fraction of sp³-hybridized carbons (Fsp3) is 0.238. The normalized spacial score (nSPS) is 11.6. The van der Waals surface area contributed by atoms with Crippen molar-refractivity contribution in [3.63, 3.8) is 0 Å². The molecule has 0 aliphatic rings. The van der Waals surface area contributed by atoms with E-state index in [0.717, 1.165) is 39.1 Å². The number of sulfonamides is 1. The highest BCUT2D eigenvalue weighted by molar-refractivity contribution is 7.89. The lowest BCUT2D eigenvalue weighted by atomic mass is 10.0. The van der Waals surface area contributed by atoms with Gasteiger partial charge in [0.2, 0.25) is 10.0 Å². The Bertz CT molecular complexity index is 1050. The highest BCUT2D eigenvalue weighted by Crippen LogP contribution is 2.26. The Morgan fingerprint density at radius 3 is 2.15 bits per heavy atom. The third kappa shape index (κ3) is 4.07. The van der Waals surface area contributed by atoms with Crippen LogP contribution in [0.1, 0.15) is 27.8 Å². The van der Waals surface area contributed by atoms with Crippen LogP contribution in [0.2, 0.25) is 0 Å². The molecule has 27 heavy (non-hydrogen) atoms. The SMILES string of the molecule is Cc1cc(C)c(C)c(S(=O)(=O)NCc2ccnc(-c3ccncc3)c2)c1C. The number of aryl methyl sites for hydroxylation is 2. The van der Waals surface area contributed by atoms with E-state index in [2.05, 4.69) is 14.7 Å². The van der Waals surface area contributed by atoms with Crippen LogP contribution in [0.4, 0.5) is 0 Å². The van der Waals surface area contributed by atoms with E-state index in [9.17, 15) is 8.42 Å². The number of pyridine rings is 2. The Kier molecular flexibility index (Phi) is 5.39. The van der Waals surface area contributed by atoms with Crippen LogP contribution in [0, 0.1) is 27.7 Å². The standard InChI is InChI=1S/C21H23N3O2S/c1-14-11-15(2)17(4)21(16(14)3)27(25,26)24-13-18-5-10-23-20(12-18)19-6-8-22-9-7-19/h5-12,24H,13H2,1-4H3. The molecule has 3 aromatic rings. The number of aromatic nitrogens is 2. The van der Waals surface area contributed by atoms with Gasteiger partial charge >= 0.3 is 0 Å². The van der Waals surface area contributed by atoms with Crippen molar-refractivity contribution in [2.24, 2.45) is 0 Å². The topological polar surface area (TPSA) is 72.0 Å². The lowest BCUT2D eigenvalue weighted by Gasteiger charge is -2.16. The summed E-state index contributed by atoms with van der Waals surface area (Å²) in [6, 6.07) is 9.47. The highest BCUT2D eigenvalue weighted by Gasteiger charge is 2.21. The number of nitrogens with one attached hydrogen (secondary N) is 1. The summed E-state index contributed by atoms with van der Waals surface area (Å²) in [7, 11) is -3.62. The molecule has 0 spiro atoms. The highest BCUT2D eigenvalue weighted by atomic mass is 32.2. The molecule has 0 fully saturated rings. The molecule has 140 valence electrons. The maximum atomic E-state index is 13.0. The molecule has 0 amide bonds. The Balaban J connectivity index is 1.87. The molecule has 3 rings (SSSR count). The van der Waals surface area contributed by atoms with E-state index in [1.54, 1.807) is 18.6 Å². The molecule has 1 aromatic carbocycles. The summed E-state index contributed by atoms with van der Waals surface area (Å²) in [5.41, 5.74) is 6.10. The van der Waals surface area contributed by atoms with E-state index in [4.69, 9.17) is 0 Å². The number of nitrogens with zero attached hydrogens (tertiary/aromatic N) is 2. The van der Waals surface area contributed by atoms with Crippen LogP contribution >= 0.6 is 0 Å². The van der Waals surface area contributed by atoms with Gasteiger partial charge in [0.25, 0.3) is 0 Å². The summed E-state index contributed by atoms with van der Waals surface area (Å²) < 4.78 is 28.7. The van der Waals surface area contributed by atoms with Gasteiger partial charge in [-0.1, -0.05) is 6.07 Å². The fourth-order valence-corrected chi connectivity index (χ4v) is 4.73. The molecule has 6 heteroatoms. The van der Waals surface area contributed by atoms with Crippen LogP contribution in [0.25, 0.3) is 11.3 Å². The van der Waals surface area contributed by atoms with E-state index < -0.39 is 10.0 Å². The van der Waals surface area contributed by atoms with Crippen LogP contribution in [0.3, 0.4) is 0 Å². The van der Waals surface area contributed by atoms with Crippen LogP contribution in [-0.4, -0.2) is 18.4 Å². The summed E-state index contributed by atoms with van der Waals surface area (Å²) in [6.07, 6.45) is 5.10. The Morgan fingerprint density at radius 1 is 0.889 bits per heavy atom. The van der Waals surface area contributed by atoms with Crippen molar-refractivity contribution in [3.05, 3.63) is 76.7 Å². The first-order valence-electron chi connectivity index (χ1n) is 8.72. The quantitative estimate of drug-likeness (QED) is 0.728. The number of benzene rings is 1. The van der Waals surface area contributed by atoms with Crippen molar-refractivity contribution in [2.45, 2.75) is 39.1 Å². The number of hydrogen-bond acceptors (Lipinski definition) is 4. The Hall–Kier alpha value is -2.57. The predicted molar refractivity (Wildman–Crippen MR) is 107 cm³/mol. The summed E-state index contributed by atoms with van der Waals surface area (Å²) >= 11 is 0. The molecule has 2 heterocycles. The predicted octanol–water partition coefficient (Wildman–Crippen LogP) is 3.86. The van der Waals surface area contributed by atoms with Gasteiger partial charge in [0.05, 0.1) is 10.6 Å². The zero-order valence-corrected chi connectivity index (χ0v) is 16.8. The minimum Gasteiger partial charge on any atom is -0.265 e. The lowest BCUT2D eigenvalue weighted by molar-refractivity contribution is 0.579. The fourth-order valence-electron chi connectivity index (χ4n) is 3.10. The van der Waals surface area contributed by atoms with E-state index in [1.165, 1.54) is 0 Å². The van der Waals surface area contributed by atoms with Gasteiger partial charge in [-0.05, 0) is 79.8 Å². The molecule has 0 saturated heterocycles. The average Bonchev–Trinajstić information content (AvgIpc) is 2.66. The van der Waals surface area contributed by atoms with Gasteiger partial charge in [-0.3, -0.25) is 9.97 Å². The molecular formula is C21H23N3O2S. The molecule has 0 aliphatic heterocycles. The monoisotopic (exact) mass is 381 g/mol. The smallest absolute Gasteiger partial charge is 0.241 e. The molecule has 0 bridgehead atoms. The van der Waals surface area contributed by atoms with E-state index in [0.29, 0.717) is 4.90 Å². The molecule has 0 saturated carbocycles. The van der Waals surface area contributed by atoms with E-state index in [1.807, 2.05) is 58.0 Å². The van der Waals surface area contributed by atoms with Gasteiger partial charge < -0.3 is 0 Å². The molecule has 0 radical (unpaired) electrons. The molecule has 1 N–H and O–H groups in total. The molecule has 2 aromatic heterocycles. The maximum absolute atomic E-state index is 13.0. The first-order valence-corrected chi connectivity index (χ1v) is 10.2. The average molecular weight is 382 g/mol. The molecule has 5 nitrogen and oxygen atoms in total. The van der Waals surface area contributed by atoms with Crippen LogP contribution in [0.15, 0.2) is 53.8 Å². The van der Waals surface area contributed by atoms with E-state index >= 15 is 0 Å². The molecular weight excluding hydrogens is 358 g/mol. The first-order chi connectivity index (χ1) is 12.8. The minimum absolute atomic E-state index is 0.203. The van der Waals surface area contributed by atoms with Crippen LogP contribution in [-0.2, 0) is 16.6 Å². The third-order valence-electron chi connectivity index (χ3n) is 4.83. The molecule has 0 unspecified atom stereocenters. The summed E-state index contributed by atoms with van der Waals surface area (Å²) in [5.74, 6) is 0. The summed E-state index contributed by atoms with van der Waals surface area (Å²) in [6.45, 7) is 7.78. The van der Waals surface area contributed by atoms with Gasteiger partial charge in [0.1, 0.15) is 0 Å². The number of hydrogen-bond donors (Lipinski definition) is 1. The van der Waals surface area contributed by atoms with Crippen molar-refractivity contribution in [3.8, 4) is 11.3 Å². The third-order valence-corrected chi connectivity index (χ3v) is 6.51. The largest absolute Gasteiger partial charge is 0.265 e. The van der Waals surface area contributed by atoms with Gasteiger partial charge in [0, 0.05) is 30.7 Å². The number of rotatable bonds is 5. The second-order valence-corrected chi connectivity index (χ2v) is 8.40. The zero-order valence-electron chi connectivity index (χ0n) is 15.9. The summed E-state index contributed by atoms with van der Waals surface area (Å²) in [5, 5.41) is 0. The molecule has 0 atom stereocenters. The van der Waals surface area contributed by atoms with Gasteiger partial charge in [-0.15, -0.1) is 0 Å².